The molecule has 1 N–H and O–H groups in total. The van der Waals surface area contributed by atoms with Crippen LogP contribution in [0.5, 0.6) is 5.75 Å². The van der Waals surface area contributed by atoms with E-state index < -0.39 is 5.56 Å². The Morgan fingerprint density at radius 3 is 2.62 bits per heavy atom. The minimum Gasteiger partial charge on any atom is -0.490 e. The van der Waals surface area contributed by atoms with Gasteiger partial charge >= 0.3 is 5.97 Å². The molecule has 1 aromatic carbocycles. The lowest BCUT2D eigenvalue weighted by Crippen LogP contribution is -2.18. The Morgan fingerprint density at radius 1 is 1.19 bits per heavy atom. The van der Waals surface area contributed by atoms with Crippen LogP contribution >= 0.6 is 0 Å². The molecule has 0 atom stereocenters. The second-order valence-corrected chi connectivity index (χ2v) is 6.00. The van der Waals surface area contributed by atoms with Crippen LogP contribution in [0.4, 0.5) is 0 Å². The van der Waals surface area contributed by atoms with Crippen LogP contribution in [0.25, 0.3) is 0 Å². The number of aromatic nitrogens is 1. The molecule has 1 heterocycles. The number of aryl methyl sites for hydroxylation is 2. The van der Waals surface area contributed by atoms with Crippen molar-refractivity contribution in [2.24, 2.45) is 0 Å². The van der Waals surface area contributed by atoms with Crippen molar-refractivity contribution in [3.63, 3.8) is 0 Å². The van der Waals surface area contributed by atoms with Crippen LogP contribution in [0.2, 0.25) is 0 Å². The molecule has 0 radical (unpaired) electrons. The zero-order valence-corrected chi connectivity index (χ0v) is 15.2. The lowest BCUT2D eigenvalue weighted by molar-refractivity contribution is -0.144. The molecule has 0 unspecified atom stereocenters. The van der Waals surface area contributed by atoms with E-state index in [9.17, 15) is 9.59 Å². The Kier molecular flexibility index (Phi) is 6.56. The van der Waals surface area contributed by atoms with E-state index in [1.807, 2.05) is 37.3 Å². The fraction of sp³-hybridized carbons (Fsp3) is 0.350. The summed E-state index contributed by atoms with van der Waals surface area (Å²) in [4.78, 5) is 26.3. The Bertz CT molecular complexity index is 894. The predicted molar refractivity (Wildman–Crippen MR) is 97.2 cm³/mol. The number of pyridine rings is 1. The van der Waals surface area contributed by atoms with Gasteiger partial charge in [-0.15, -0.1) is 0 Å². The van der Waals surface area contributed by atoms with E-state index in [2.05, 4.69) is 4.98 Å². The number of ether oxygens (including phenoxy) is 2. The van der Waals surface area contributed by atoms with Gasteiger partial charge in [-0.1, -0.05) is 18.2 Å². The average Bonchev–Trinajstić information content (AvgIpc) is 2.60. The molecule has 6 heteroatoms. The Labute approximate surface area is 152 Å². The predicted octanol–water partition coefficient (Wildman–Crippen LogP) is 2.73. The molecule has 0 aliphatic carbocycles. The van der Waals surface area contributed by atoms with Crippen LogP contribution in [-0.2, 0) is 16.0 Å². The normalized spacial score (nSPS) is 10.2. The van der Waals surface area contributed by atoms with Crippen molar-refractivity contribution < 1.29 is 14.3 Å². The first-order chi connectivity index (χ1) is 12.4. The number of para-hydroxylation sites is 1. The number of nitrogens with one attached hydrogen (secondary N) is 1. The van der Waals surface area contributed by atoms with Crippen molar-refractivity contribution in [1.29, 1.82) is 5.26 Å². The summed E-state index contributed by atoms with van der Waals surface area (Å²) in [5.41, 5.74) is 2.80. The molecule has 1 aromatic heterocycles. The average molecular weight is 354 g/mol. The van der Waals surface area contributed by atoms with E-state index >= 15 is 0 Å². The highest BCUT2D eigenvalue weighted by Crippen LogP contribution is 2.16. The molecule has 0 saturated heterocycles. The third kappa shape index (κ3) is 4.73. The summed E-state index contributed by atoms with van der Waals surface area (Å²) in [6.45, 7) is 5.88. The fourth-order valence-corrected chi connectivity index (χ4v) is 2.75. The molecule has 6 nitrogen and oxygen atoms in total. The second-order valence-electron chi connectivity index (χ2n) is 6.00. The Morgan fingerprint density at radius 2 is 1.92 bits per heavy atom. The molecular weight excluding hydrogens is 332 g/mol. The van der Waals surface area contributed by atoms with E-state index in [0.29, 0.717) is 17.7 Å². The molecule has 2 rings (SSSR count). The van der Waals surface area contributed by atoms with Gasteiger partial charge < -0.3 is 14.5 Å². The summed E-state index contributed by atoms with van der Waals surface area (Å²) in [6.07, 6.45) is 0.573. The minimum absolute atomic E-state index is 0.0885. The van der Waals surface area contributed by atoms with Gasteiger partial charge in [0.15, 0.2) is 0 Å². The van der Waals surface area contributed by atoms with E-state index in [4.69, 9.17) is 14.7 Å². The lowest BCUT2D eigenvalue weighted by atomic mass is 9.99. The smallest absolute Gasteiger partial charge is 0.306 e. The SMILES string of the molecule is Cc1ccccc1OCCOC(=O)CCc1c(C)[nH]c(=O)c(C#N)c1C. The highest BCUT2D eigenvalue weighted by Gasteiger charge is 2.13. The number of hydrogen-bond acceptors (Lipinski definition) is 5. The quantitative estimate of drug-likeness (QED) is 0.610. The van der Waals surface area contributed by atoms with Gasteiger partial charge in [-0.2, -0.15) is 5.26 Å². The monoisotopic (exact) mass is 354 g/mol. The molecular formula is C20H22N2O4. The number of rotatable bonds is 7. The Balaban J connectivity index is 1.83. The number of nitrogens with zero attached hydrogens (tertiary/aromatic N) is 1. The van der Waals surface area contributed by atoms with Crippen LogP contribution in [-0.4, -0.2) is 24.2 Å². The molecule has 0 fully saturated rings. The molecule has 0 aliphatic rings. The minimum atomic E-state index is -0.401. The first-order valence-corrected chi connectivity index (χ1v) is 8.40. The van der Waals surface area contributed by atoms with Gasteiger partial charge in [-0.25, -0.2) is 0 Å². The number of esters is 1. The first kappa shape index (κ1) is 19.3. The maximum atomic E-state index is 11.9. The van der Waals surface area contributed by atoms with E-state index in [1.54, 1.807) is 13.8 Å². The van der Waals surface area contributed by atoms with Gasteiger partial charge in [0.2, 0.25) is 0 Å². The van der Waals surface area contributed by atoms with E-state index in [0.717, 1.165) is 16.9 Å². The maximum absolute atomic E-state index is 11.9. The summed E-state index contributed by atoms with van der Waals surface area (Å²) in [6, 6.07) is 9.54. The molecule has 0 saturated carbocycles. The van der Waals surface area contributed by atoms with Gasteiger partial charge in [0.25, 0.3) is 5.56 Å². The topological polar surface area (TPSA) is 92.2 Å². The molecule has 26 heavy (non-hydrogen) atoms. The van der Waals surface area contributed by atoms with Crippen LogP contribution in [0.15, 0.2) is 29.1 Å². The first-order valence-electron chi connectivity index (χ1n) is 8.40. The summed E-state index contributed by atoms with van der Waals surface area (Å²) in [5.74, 6) is 0.425. The molecule has 0 aliphatic heterocycles. The lowest BCUT2D eigenvalue weighted by Gasteiger charge is -2.11. The van der Waals surface area contributed by atoms with Crippen molar-refractivity contribution in [2.45, 2.75) is 33.6 Å². The third-order valence-corrected chi connectivity index (χ3v) is 4.20. The summed E-state index contributed by atoms with van der Waals surface area (Å²) >= 11 is 0. The van der Waals surface area contributed by atoms with Crippen LogP contribution < -0.4 is 10.3 Å². The van der Waals surface area contributed by atoms with Gasteiger partial charge in [-0.05, 0) is 49.9 Å². The van der Waals surface area contributed by atoms with Crippen molar-refractivity contribution in [3.05, 3.63) is 62.6 Å². The number of carbonyl (C=O) groups excluding carboxylic acids is 1. The second kappa shape index (κ2) is 8.86. The van der Waals surface area contributed by atoms with Gasteiger partial charge in [-0.3, -0.25) is 9.59 Å². The molecule has 0 bridgehead atoms. The molecule has 0 spiro atoms. The highest BCUT2D eigenvalue weighted by molar-refractivity contribution is 5.69. The van der Waals surface area contributed by atoms with Crippen molar-refractivity contribution in [2.75, 3.05) is 13.2 Å². The maximum Gasteiger partial charge on any atom is 0.306 e. The zero-order chi connectivity index (χ0) is 19.1. The Hall–Kier alpha value is -3.07. The van der Waals surface area contributed by atoms with E-state index in [-0.39, 0.29) is 31.2 Å². The van der Waals surface area contributed by atoms with E-state index in [1.165, 1.54) is 0 Å². The number of carbonyl (C=O) groups is 1. The fourth-order valence-electron chi connectivity index (χ4n) is 2.75. The third-order valence-electron chi connectivity index (χ3n) is 4.20. The van der Waals surface area contributed by atoms with Crippen molar-refractivity contribution in [1.82, 2.24) is 4.98 Å². The number of aromatic amines is 1. The summed E-state index contributed by atoms with van der Waals surface area (Å²) in [7, 11) is 0. The van der Waals surface area contributed by atoms with Crippen LogP contribution in [0.3, 0.4) is 0 Å². The molecule has 2 aromatic rings. The molecule has 136 valence electrons. The van der Waals surface area contributed by atoms with Gasteiger partial charge in [0.05, 0.1) is 0 Å². The van der Waals surface area contributed by atoms with Crippen LogP contribution in [0, 0.1) is 32.1 Å². The standard InChI is InChI=1S/C20H22N2O4/c1-13-6-4-5-7-18(13)25-10-11-26-19(23)9-8-16-14(2)17(12-21)20(24)22-15(16)3/h4-7H,8-11H2,1-3H3,(H,22,24). The number of H-pyrrole nitrogens is 1. The van der Waals surface area contributed by atoms with Crippen molar-refractivity contribution in [3.8, 4) is 11.8 Å². The number of hydrogen-bond donors (Lipinski definition) is 1. The summed E-state index contributed by atoms with van der Waals surface area (Å²) in [5, 5.41) is 9.07. The largest absolute Gasteiger partial charge is 0.490 e. The number of nitriles is 1. The van der Waals surface area contributed by atoms with Crippen molar-refractivity contribution >= 4 is 5.97 Å². The van der Waals surface area contributed by atoms with Gasteiger partial charge in [0, 0.05) is 12.1 Å². The van der Waals surface area contributed by atoms with Gasteiger partial charge in [0.1, 0.15) is 30.6 Å². The zero-order valence-electron chi connectivity index (χ0n) is 15.2. The molecule has 0 amide bonds. The highest BCUT2D eigenvalue weighted by atomic mass is 16.6. The summed E-state index contributed by atoms with van der Waals surface area (Å²) < 4.78 is 10.8. The number of benzene rings is 1. The van der Waals surface area contributed by atoms with Crippen LogP contribution in [0.1, 0.15) is 34.4 Å².